The fourth-order valence-corrected chi connectivity index (χ4v) is 2.80. The number of aromatic nitrogens is 2. The maximum Gasteiger partial charge on any atom is 0.338 e. The van der Waals surface area contributed by atoms with E-state index < -0.39 is 18.0 Å². The van der Waals surface area contributed by atoms with E-state index in [1.54, 1.807) is 36.4 Å². The Morgan fingerprint density at radius 1 is 0.900 bits per heavy atom. The summed E-state index contributed by atoms with van der Waals surface area (Å²) in [5, 5.41) is 2.69. The maximum absolute atomic E-state index is 12.5. The molecule has 1 N–H and O–H groups in total. The summed E-state index contributed by atoms with van der Waals surface area (Å²) in [6.45, 7) is 5.23. The smallest absolute Gasteiger partial charge is 0.338 e. The first-order valence-electron chi connectivity index (χ1n) is 9.31. The van der Waals surface area contributed by atoms with Gasteiger partial charge >= 0.3 is 5.97 Å². The number of carbonyl (C=O) groups excluding carboxylic acids is 2. The number of nitrogens with one attached hydrogen (secondary N) is 1. The summed E-state index contributed by atoms with van der Waals surface area (Å²) in [6, 6.07) is 9.88. The van der Waals surface area contributed by atoms with E-state index in [-0.39, 0.29) is 0 Å². The van der Waals surface area contributed by atoms with Gasteiger partial charge in [-0.2, -0.15) is 0 Å². The van der Waals surface area contributed by atoms with Gasteiger partial charge in [0.05, 0.1) is 42.2 Å². The van der Waals surface area contributed by atoms with Crippen molar-refractivity contribution in [3.63, 3.8) is 0 Å². The van der Waals surface area contributed by atoms with Gasteiger partial charge < -0.3 is 19.5 Å². The fourth-order valence-electron chi connectivity index (χ4n) is 2.80. The number of anilines is 1. The number of fused-ring (bicyclic) bond motifs is 1. The van der Waals surface area contributed by atoms with Crippen molar-refractivity contribution in [2.24, 2.45) is 0 Å². The van der Waals surface area contributed by atoms with E-state index in [2.05, 4.69) is 15.3 Å². The van der Waals surface area contributed by atoms with Gasteiger partial charge in [-0.05, 0) is 51.1 Å². The zero-order valence-corrected chi connectivity index (χ0v) is 17.5. The number of rotatable bonds is 6. The molecule has 8 heteroatoms. The minimum atomic E-state index is -1.01. The molecular formula is C22H23N3O5. The summed E-state index contributed by atoms with van der Waals surface area (Å²) >= 11 is 0. The number of ether oxygens (including phenoxy) is 3. The number of methoxy groups -OCH3 is 2. The third-order valence-corrected chi connectivity index (χ3v) is 4.62. The number of hydrogen-bond donors (Lipinski definition) is 1. The van der Waals surface area contributed by atoms with E-state index in [9.17, 15) is 9.59 Å². The molecule has 1 atom stereocenters. The molecule has 0 saturated heterocycles. The van der Waals surface area contributed by atoms with Crippen LogP contribution in [0.5, 0.6) is 11.5 Å². The number of nitrogens with zero attached hydrogens (tertiary/aromatic N) is 2. The Morgan fingerprint density at radius 3 is 2.23 bits per heavy atom. The SMILES string of the molecule is COc1ccc(NC(=O)[C@@H](C)OC(=O)c2ccc3nc(C)c(C)nc3c2)cc1OC. The van der Waals surface area contributed by atoms with Gasteiger partial charge in [0.2, 0.25) is 0 Å². The predicted octanol–water partition coefficient (Wildman–Crippen LogP) is 3.45. The monoisotopic (exact) mass is 409 g/mol. The van der Waals surface area contributed by atoms with Crippen LogP contribution in [-0.4, -0.2) is 42.2 Å². The molecule has 3 rings (SSSR count). The molecule has 0 aliphatic carbocycles. The van der Waals surface area contributed by atoms with Crippen molar-refractivity contribution in [2.75, 3.05) is 19.5 Å². The molecule has 0 bridgehead atoms. The Hall–Kier alpha value is -3.68. The van der Waals surface area contributed by atoms with Crippen molar-refractivity contribution in [3.05, 3.63) is 53.3 Å². The summed E-state index contributed by atoms with van der Waals surface area (Å²) in [5.74, 6) is -0.0722. The summed E-state index contributed by atoms with van der Waals surface area (Å²) in [4.78, 5) is 33.8. The van der Waals surface area contributed by atoms with Crippen molar-refractivity contribution in [1.29, 1.82) is 0 Å². The highest BCUT2D eigenvalue weighted by Crippen LogP contribution is 2.29. The van der Waals surface area contributed by atoms with E-state index in [0.29, 0.717) is 33.8 Å². The Morgan fingerprint density at radius 2 is 1.57 bits per heavy atom. The van der Waals surface area contributed by atoms with Crippen LogP contribution >= 0.6 is 0 Å². The third-order valence-electron chi connectivity index (χ3n) is 4.62. The van der Waals surface area contributed by atoms with Crippen molar-refractivity contribution in [1.82, 2.24) is 9.97 Å². The molecule has 1 amide bonds. The quantitative estimate of drug-likeness (QED) is 0.623. The minimum Gasteiger partial charge on any atom is -0.493 e. The number of aryl methyl sites for hydroxylation is 2. The lowest BCUT2D eigenvalue weighted by molar-refractivity contribution is -0.123. The average molecular weight is 409 g/mol. The fraction of sp³-hybridized carbons (Fsp3) is 0.273. The van der Waals surface area contributed by atoms with Crippen LogP contribution in [0.4, 0.5) is 5.69 Å². The van der Waals surface area contributed by atoms with Crippen molar-refractivity contribution in [3.8, 4) is 11.5 Å². The molecule has 0 fully saturated rings. The first kappa shape index (κ1) is 21.0. The number of benzene rings is 2. The Labute approximate surface area is 174 Å². The van der Waals surface area contributed by atoms with Gasteiger partial charge in [0.1, 0.15) is 0 Å². The predicted molar refractivity (Wildman–Crippen MR) is 112 cm³/mol. The van der Waals surface area contributed by atoms with Gasteiger partial charge in [-0.15, -0.1) is 0 Å². The molecule has 8 nitrogen and oxygen atoms in total. The zero-order valence-electron chi connectivity index (χ0n) is 17.5. The van der Waals surface area contributed by atoms with Gasteiger partial charge in [0.25, 0.3) is 5.91 Å². The van der Waals surface area contributed by atoms with Crippen LogP contribution in [0.25, 0.3) is 11.0 Å². The highest BCUT2D eigenvalue weighted by molar-refractivity contribution is 5.98. The number of hydrogen-bond acceptors (Lipinski definition) is 7. The van der Waals surface area contributed by atoms with Gasteiger partial charge in [-0.25, -0.2) is 14.8 Å². The van der Waals surface area contributed by atoms with Crippen molar-refractivity contribution < 1.29 is 23.8 Å². The lowest BCUT2D eigenvalue weighted by atomic mass is 10.2. The molecule has 0 aliphatic heterocycles. The Balaban J connectivity index is 1.69. The van der Waals surface area contributed by atoms with E-state index in [0.717, 1.165) is 11.4 Å². The van der Waals surface area contributed by atoms with E-state index >= 15 is 0 Å². The lowest BCUT2D eigenvalue weighted by Gasteiger charge is -2.15. The lowest BCUT2D eigenvalue weighted by Crippen LogP contribution is -2.30. The van der Waals surface area contributed by atoms with Gasteiger partial charge in [0, 0.05) is 11.8 Å². The van der Waals surface area contributed by atoms with Crippen molar-refractivity contribution >= 4 is 28.6 Å². The number of amides is 1. The number of carbonyl (C=O) groups is 2. The molecule has 30 heavy (non-hydrogen) atoms. The molecule has 1 heterocycles. The van der Waals surface area contributed by atoms with Crippen LogP contribution in [0, 0.1) is 13.8 Å². The van der Waals surface area contributed by atoms with Gasteiger partial charge in [0.15, 0.2) is 17.6 Å². The second-order valence-corrected chi connectivity index (χ2v) is 6.70. The van der Waals surface area contributed by atoms with Gasteiger partial charge in [-0.1, -0.05) is 0 Å². The molecule has 0 radical (unpaired) electrons. The van der Waals surface area contributed by atoms with Crippen molar-refractivity contribution in [2.45, 2.75) is 26.9 Å². The molecule has 3 aromatic rings. The molecule has 0 unspecified atom stereocenters. The minimum absolute atomic E-state index is 0.297. The average Bonchev–Trinajstić information content (AvgIpc) is 2.73. The highest BCUT2D eigenvalue weighted by atomic mass is 16.5. The van der Waals surface area contributed by atoms with E-state index in [1.165, 1.54) is 21.1 Å². The van der Waals surface area contributed by atoms with Crippen LogP contribution in [0.2, 0.25) is 0 Å². The van der Waals surface area contributed by atoms with Gasteiger partial charge in [-0.3, -0.25) is 4.79 Å². The number of esters is 1. The maximum atomic E-state index is 12.5. The summed E-state index contributed by atoms with van der Waals surface area (Å²) in [5.41, 5.74) is 3.69. The molecule has 0 spiro atoms. The third kappa shape index (κ3) is 4.48. The molecule has 2 aromatic carbocycles. The second kappa shape index (κ2) is 8.77. The Kier molecular flexibility index (Phi) is 6.15. The molecule has 0 saturated carbocycles. The van der Waals surface area contributed by atoms with Crippen LogP contribution in [0.3, 0.4) is 0 Å². The highest BCUT2D eigenvalue weighted by Gasteiger charge is 2.20. The molecular weight excluding hydrogens is 386 g/mol. The summed E-state index contributed by atoms with van der Waals surface area (Å²) in [7, 11) is 3.03. The second-order valence-electron chi connectivity index (χ2n) is 6.70. The Bertz CT molecular complexity index is 1110. The van der Waals surface area contributed by atoms with Crippen LogP contribution in [0.1, 0.15) is 28.7 Å². The van der Waals surface area contributed by atoms with Crippen LogP contribution in [-0.2, 0) is 9.53 Å². The normalized spacial score (nSPS) is 11.6. The summed E-state index contributed by atoms with van der Waals surface area (Å²) in [6.07, 6.45) is -1.01. The molecule has 1 aromatic heterocycles. The standard InChI is InChI=1S/C22H23N3O5/c1-12-13(2)24-18-10-15(6-8-17(18)23-12)22(27)30-14(3)21(26)25-16-7-9-19(28-4)20(11-16)29-5/h6-11,14H,1-5H3,(H,25,26)/t14-/m1/s1. The topological polar surface area (TPSA) is 99.6 Å². The first-order valence-corrected chi connectivity index (χ1v) is 9.31. The van der Waals surface area contributed by atoms with Crippen LogP contribution < -0.4 is 14.8 Å². The zero-order chi connectivity index (χ0) is 21.8. The summed E-state index contributed by atoms with van der Waals surface area (Å²) < 4.78 is 15.7. The van der Waals surface area contributed by atoms with Crippen LogP contribution in [0.15, 0.2) is 36.4 Å². The molecule has 156 valence electrons. The largest absolute Gasteiger partial charge is 0.493 e. The molecule has 0 aliphatic rings. The first-order chi connectivity index (χ1) is 14.3. The van der Waals surface area contributed by atoms with E-state index in [4.69, 9.17) is 14.2 Å². The van der Waals surface area contributed by atoms with E-state index in [1.807, 2.05) is 13.8 Å².